The minimum absolute atomic E-state index is 0.109. The zero-order valence-corrected chi connectivity index (χ0v) is 18.7. The number of methoxy groups -OCH3 is 1. The molecule has 1 aromatic carbocycles. The molecule has 10 heteroatoms. The fraction of sp³-hybridized carbons (Fsp3) is 0.667. The van der Waals surface area contributed by atoms with Gasteiger partial charge in [-0.2, -0.15) is 0 Å². The molecule has 0 aliphatic heterocycles. The number of nitrogens with one attached hydrogen (secondary N) is 2. The van der Waals surface area contributed by atoms with Crippen LogP contribution in [0.1, 0.15) is 39.5 Å². The first-order chi connectivity index (χ1) is 13.1. The van der Waals surface area contributed by atoms with Crippen LogP contribution >= 0.6 is 0 Å². The Morgan fingerprint density at radius 2 is 1.82 bits per heavy atom. The predicted molar refractivity (Wildman–Crippen MR) is 111 cm³/mol. The molecule has 0 saturated carbocycles. The number of hydrogen-bond acceptors (Lipinski definition) is 6. The van der Waals surface area contributed by atoms with Crippen molar-refractivity contribution in [3.8, 4) is 5.75 Å². The molecule has 0 aromatic heterocycles. The fourth-order valence-corrected chi connectivity index (χ4v) is 4.44. The number of unbranched alkanes of at least 4 members (excludes halogenated alkanes) is 1. The van der Waals surface area contributed by atoms with E-state index in [9.17, 15) is 16.8 Å². The van der Waals surface area contributed by atoms with E-state index in [0.29, 0.717) is 13.2 Å². The zero-order chi connectivity index (χ0) is 21.2. The molecule has 28 heavy (non-hydrogen) atoms. The Balaban J connectivity index is 3.10. The SMILES string of the molecule is CCCCC(CC)CNS(=O)(=O)c1cc(NS(C)(=O)=O)ccc1OCCOC. The van der Waals surface area contributed by atoms with Crippen LogP contribution in [0.25, 0.3) is 0 Å². The number of benzene rings is 1. The van der Waals surface area contributed by atoms with E-state index >= 15 is 0 Å². The summed E-state index contributed by atoms with van der Waals surface area (Å²) in [7, 11) is -5.91. The van der Waals surface area contributed by atoms with E-state index in [4.69, 9.17) is 9.47 Å². The van der Waals surface area contributed by atoms with Crippen molar-refractivity contribution in [3.05, 3.63) is 18.2 Å². The lowest BCUT2D eigenvalue weighted by atomic mass is 10.00. The molecule has 0 aliphatic rings. The van der Waals surface area contributed by atoms with E-state index in [1.54, 1.807) is 0 Å². The first kappa shape index (κ1) is 24.7. The van der Waals surface area contributed by atoms with Gasteiger partial charge in [-0.25, -0.2) is 21.6 Å². The highest BCUT2D eigenvalue weighted by Crippen LogP contribution is 2.28. The van der Waals surface area contributed by atoms with E-state index in [1.807, 2.05) is 6.92 Å². The second-order valence-corrected chi connectivity index (χ2v) is 10.1. The molecule has 1 unspecified atom stereocenters. The second-order valence-electron chi connectivity index (χ2n) is 6.65. The molecule has 8 nitrogen and oxygen atoms in total. The zero-order valence-electron chi connectivity index (χ0n) is 17.0. The van der Waals surface area contributed by atoms with Crippen LogP contribution in [0, 0.1) is 5.92 Å². The third kappa shape index (κ3) is 8.76. The Labute approximate surface area is 169 Å². The Hall–Kier alpha value is -1.36. The maximum Gasteiger partial charge on any atom is 0.244 e. The maximum absolute atomic E-state index is 12.9. The Morgan fingerprint density at radius 1 is 1.11 bits per heavy atom. The van der Waals surface area contributed by atoms with Crippen LogP contribution < -0.4 is 14.2 Å². The van der Waals surface area contributed by atoms with Crippen LogP contribution in [0.5, 0.6) is 5.75 Å². The summed E-state index contributed by atoms with van der Waals surface area (Å²) >= 11 is 0. The van der Waals surface area contributed by atoms with Crippen molar-refractivity contribution < 1.29 is 26.3 Å². The van der Waals surface area contributed by atoms with Gasteiger partial charge < -0.3 is 9.47 Å². The first-order valence-corrected chi connectivity index (χ1v) is 12.7. The number of hydrogen-bond donors (Lipinski definition) is 2. The summed E-state index contributed by atoms with van der Waals surface area (Å²) in [5, 5.41) is 0. The quantitative estimate of drug-likeness (QED) is 0.434. The molecule has 0 heterocycles. The van der Waals surface area contributed by atoms with Crippen LogP contribution in [0.15, 0.2) is 23.1 Å². The standard InChI is InChI=1S/C18H32N2O6S2/c1-5-7-8-15(6-2)14-19-28(23,24)18-13-16(20-27(4,21)22)9-10-17(18)26-12-11-25-3/h9-10,13,15,19-20H,5-8,11-12,14H2,1-4H3. The third-order valence-electron chi connectivity index (χ3n) is 4.19. The molecule has 0 bridgehead atoms. The van der Waals surface area contributed by atoms with Crippen molar-refractivity contribution in [3.63, 3.8) is 0 Å². The molecule has 1 aromatic rings. The van der Waals surface area contributed by atoms with Crippen LogP contribution in [0.4, 0.5) is 5.69 Å². The van der Waals surface area contributed by atoms with Gasteiger partial charge in [-0.3, -0.25) is 4.72 Å². The van der Waals surface area contributed by atoms with Gasteiger partial charge in [0.1, 0.15) is 17.3 Å². The molecule has 2 N–H and O–H groups in total. The van der Waals surface area contributed by atoms with Crippen molar-refractivity contribution in [2.75, 3.05) is 37.8 Å². The molecule has 0 saturated heterocycles. The molecule has 0 radical (unpaired) electrons. The van der Waals surface area contributed by atoms with E-state index in [2.05, 4.69) is 16.4 Å². The monoisotopic (exact) mass is 436 g/mol. The number of sulfonamides is 2. The lowest BCUT2D eigenvalue weighted by Crippen LogP contribution is -2.30. The van der Waals surface area contributed by atoms with Crippen LogP contribution in [-0.2, 0) is 24.8 Å². The highest BCUT2D eigenvalue weighted by atomic mass is 32.2. The normalized spacial score (nSPS) is 13.3. The topological polar surface area (TPSA) is 111 Å². The van der Waals surface area contributed by atoms with Crippen LogP contribution in [0.3, 0.4) is 0 Å². The van der Waals surface area contributed by atoms with Gasteiger partial charge in [0.2, 0.25) is 20.0 Å². The molecular weight excluding hydrogens is 404 g/mol. The van der Waals surface area contributed by atoms with Crippen LogP contribution in [-0.4, -0.2) is 50.0 Å². The van der Waals surface area contributed by atoms with Crippen molar-refractivity contribution in [2.45, 2.75) is 44.4 Å². The lowest BCUT2D eigenvalue weighted by Gasteiger charge is -2.18. The average Bonchev–Trinajstić information content (AvgIpc) is 2.61. The molecule has 0 spiro atoms. The maximum atomic E-state index is 12.9. The van der Waals surface area contributed by atoms with Gasteiger partial charge in [-0.05, 0) is 30.5 Å². The van der Waals surface area contributed by atoms with E-state index < -0.39 is 20.0 Å². The van der Waals surface area contributed by atoms with Gasteiger partial charge in [-0.1, -0.05) is 33.1 Å². The van der Waals surface area contributed by atoms with Crippen molar-refractivity contribution in [1.29, 1.82) is 0 Å². The van der Waals surface area contributed by atoms with Crippen molar-refractivity contribution in [2.24, 2.45) is 5.92 Å². The summed E-state index contributed by atoms with van der Waals surface area (Å²) in [5.74, 6) is 0.384. The minimum Gasteiger partial charge on any atom is -0.490 e. The van der Waals surface area contributed by atoms with Gasteiger partial charge in [0.05, 0.1) is 18.6 Å². The van der Waals surface area contributed by atoms with E-state index in [-0.39, 0.29) is 28.9 Å². The number of ether oxygens (including phenoxy) is 2. The summed E-state index contributed by atoms with van der Waals surface area (Å²) in [6.07, 6.45) is 4.92. The fourth-order valence-electron chi connectivity index (χ4n) is 2.60. The van der Waals surface area contributed by atoms with E-state index in [1.165, 1.54) is 25.3 Å². The summed E-state index contributed by atoms with van der Waals surface area (Å²) in [6.45, 7) is 4.92. The summed E-state index contributed by atoms with van der Waals surface area (Å²) < 4.78 is 64.2. The predicted octanol–water partition coefficient (Wildman–Crippen LogP) is 2.58. The van der Waals surface area contributed by atoms with Gasteiger partial charge in [0, 0.05) is 13.7 Å². The Morgan fingerprint density at radius 3 is 2.39 bits per heavy atom. The summed E-state index contributed by atoms with van der Waals surface area (Å²) in [5.41, 5.74) is 0.153. The van der Waals surface area contributed by atoms with E-state index in [0.717, 1.165) is 31.9 Å². The molecule has 0 aliphatic carbocycles. The largest absolute Gasteiger partial charge is 0.490 e. The average molecular weight is 437 g/mol. The number of rotatable bonds is 14. The molecular formula is C18H32N2O6S2. The van der Waals surface area contributed by atoms with Crippen molar-refractivity contribution >= 4 is 25.7 Å². The van der Waals surface area contributed by atoms with Gasteiger partial charge >= 0.3 is 0 Å². The molecule has 1 atom stereocenters. The number of anilines is 1. The highest BCUT2D eigenvalue weighted by molar-refractivity contribution is 7.92. The molecule has 0 fully saturated rings. The lowest BCUT2D eigenvalue weighted by molar-refractivity contribution is 0.144. The second kappa shape index (κ2) is 11.6. The third-order valence-corrected chi connectivity index (χ3v) is 6.24. The van der Waals surface area contributed by atoms with Crippen LogP contribution in [0.2, 0.25) is 0 Å². The van der Waals surface area contributed by atoms with Gasteiger partial charge in [-0.15, -0.1) is 0 Å². The molecule has 1 rings (SSSR count). The molecule has 0 amide bonds. The first-order valence-electron chi connectivity index (χ1n) is 9.36. The van der Waals surface area contributed by atoms with Gasteiger partial charge in [0.25, 0.3) is 0 Å². The Bertz CT molecular complexity index is 809. The highest BCUT2D eigenvalue weighted by Gasteiger charge is 2.22. The Kier molecular flexibility index (Phi) is 10.2. The minimum atomic E-state index is -3.89. The summed E-state index contributed by atoms with van der Waals surface area (Å²) in [4.78, 5) is -0.109. The molecule has 162 valence electrons. The summed E-state index contributed by atoms with van der Waals surface area (Å²) in [6, 6.07) is 4.16. The smallest absolute Gasteiger partial charge is 0.244 e. The van der Waals surface area contributed by atoms with Crippen molar-refractivity contribution in [1.82, 2.24) is 4.72 Å². The van der Waals surface area contributed by atoms with Gasteiger partial charge in [0.15, 0.2) is 0 Å².